The maximum Gasteiger partial charge on any atom is 0.226 e. The van der Waals surface area contributed by atoms with Crippen molar-refractivity contribution in [3.05, 3.63) is 47.2 Å². The van der Waals surface area contributed by atoms with Crippen molar-refractivity contribution in [2.75, 3.05) is 0 Å². The van der Waals surface area contributed by atoms with Crippen LogP contribution in [0, 0.1) is 0 Å². The van der Waals surface area contributed by atoms with Gasteiger partial charge in [-0.2, -0.15) is 0 Å². The molecule has 0 spiro atoms. The lowest BCUT2D eigenvalue weighted by Gasteiger charge is -2.20. The first-order chi connectivity index (χ1) is 9.85. The van der Waals surface area contributed by atoms with E-state index in [4.69, 9.17) is 9.52 Å². The van der Waals surface area contributed by atoms with Gasteiger partial charge in [0.2, 0.25) is 11.8 Å². The predicted octanol–water partition coefficient (Wildman–Crippen LogP) is 3.26. The van der Waals surface area contributed by atoms with Crippen molar-refractivity contribution in [2.45, 2.75) is 43.3 Å². The molecule has 0 bridgehead atoms. The lowest BCUT2D eigenvalue weighted by atomic mass is 9.85. The third-order valence-electron chi connectivity index (χ3n) is 3.64. The topological polar surface area (TPSA) is 59.2 Å². The summed E-state index contributed by atoms with van der Waals surface area (Å²) < 4.78 is 5.69. The SMILES string of the molecule is OCc1ccc(CSCc2nnc(C3CCC3)o2)cc1. The fraction of sp³-hybridized carbons (Fsp3) is 0.467. The maximum absolute atomic E-state index is 8.99. The van der Waals surface area contributed by atoms with E-state index >= 15 is 0 Å². The van der Waals surface area contributed by atoms with Crippen molar-refractivity contribution >= 4 is 11.8 Å². The first kappa shape index (κ1) is 13.6. The average molecular weight is 290 g/mol. The number of benzene rings is 1. The monoisotopic (exact) mass is 290 g/mol. The van der Waals surface area contributed by atoms with Gasteiger partial charge in [-0.3, -0.25) is 0 Å². The minimum absolute atomic E-state index is 0.0966. The standard InChI is InChI=1S/C15H18N2O2S/c18-8-11-4-6-12(7-5-11)9-20-10-14-16-17-15(19-14)13-2-1-3-13/h4-7,13,18H,1-3,8-10H2. The van der Waals surface area contributed by atoms with Crippen LogP contribution in [0.15, 0.2) is 28.7 Å². The highest BCUT2D eigenvalue weighted by Gasteiger charge is 2.24. The molecule has 1 heterocycles. The summed E-state index contributed by atoms with van der Waals surface area (Å²) in [5, 5.41) is 17.2. The molecule has 0 saturated heterocycles. The first-order valence-corrected chi connectivity index (χ1v) is 8.09. The van der Waals surface area contributed by atoms with E-state index in [-0.39, 0.29) is 6.61 Å². The van der Waals surface area contributed by atoms with Gasteiger partial charge in [0.1, 0.15) is 0 Å². The summed E-state index contributed by atoms with van der Waals surface area (Å²) in [6.07, 6.45) is 3.65. The van der Waals surface area contributed by atoms with Gasteiger partial charge in [0.15, 0.2) is 0 Å². The molecule has 1 saturated carbocycles. The number of hydrogen-bond acceptors (Lipinski definition) is 5. The van der Waals surface area contributed by atoms with E-state index in [1.54, 1.807) is 11.8 Å². The summed E-state index contributed by atoms with van der Waals surface area (Å²) in [4.78, 5) is 0. The molecule has 3 rings (SSSR count). The molecule has 1 aliphatic carbocycles. The Hall–Kier alpha value is -1.33. The zero-order chi connectivity index (χ0) is 13.8. The number of thioether (sulfide) groups is 1. The highest BCUT2D eigenvalue weighted by atomic mass is 32.2. The summed E-state index contributed by atoms with van der Waals surface area (Å²) in [5.74, 6) is 3.71. The third-order valence-corrected chi connectivity index (χ3v) is 4.63. The van der Waals surface area contributed by atoms with Crippen molar-refractivity contribution in [3.8, 4) is 0 Å². The first-order valence-electron chi connectivity index (χ1n) is 6.94. The zero-order valence-corrected chi connectivity index (χ0v) is 12.1. The Morgan fingerprint density at radius 3 is 2.50 bits per heavy atom. The minimum Gasteiger partial charge on any atom is -0.424 e. The molecule has 20 heavy (non-hydrogen) atoms. The Balaban J connectivity index is 1.47. The fourth-order valence-corrected chi connectivity index (χ4v) is 2.96. The second-order valence-electron chi connectivity index (χ2n) is 5.13. The second-order valence-corrected chi connectivity index (χ2v) is 6.11. The van der Waals surface area contributed by atoms with Gasteiger partial charge in [0.05, 0.1) is 12.4 Å². The van der Waals surface area contributed by atoms with E-state index in [2.05, 4.69) is 10.2 Å². The lowest BCUT2D eigenvalue weighted by Crippen LogP contribution is -2.08. The van der Waals surface area contributed by atoms with Crippen LogP contribution in [-0.4, -0.2) is 15.3 Å². The van der Waals surface area contributed by atoms with Crippen molar-refractivity contribution in [2.24, 2.45) is 0 Å². The van der Waals surface area contributed by atoms with Gasteiger partial charge in [0, 0.05) is 11.7 Å². The maximum atomic E-state index is 8.99. The average Bonchev–Trinajstić information content (AvgIpc) is 2.86. The number of hydrogen-bond donors (Lipinski definition) is 1. The van der Waals surface area contributed by atoms with Gasteiger partial charge in [-0.05, 0) is 24.0 Å². The van der Waals surface area contributed by atoms with Gasteiger partial charge < -0.3 is 9.52 Å². The fourth-order valence-electron chi connectivity index (χ4n) is 2.14. The molecule has 0 amide bonds. The van der Waals surface area contributed by atoms with Crippen LogP contribution in [0.3, 0.4) is 0 Å². The van der Waals surface area contributed by atoms with Crippen molar-refractivity contribution in [1.82, 2.24) is 10.2 Å². The number of rotatable bonds is 6. The third kappa shape index (κ3) is 3.22. The van der Waals surface area contributed by atoms with Gasteiger partial charge >= 0.3 is 0 Å². The van der Waals surface area contributed by atoms with Crippen LogP contribution in [-0.2, 0) is 18.1 Å². The summed E-state index contributed by atoms with van der Waals surface area (Å²) in [6.45, 7) is 0.0966. The molecule has 2 aromatic rings. The summed E-state index contributed by atoms with van der Waals surface area (Å²) in [5.41, 5.74) is 2.19. The Bertz CT molecular complexity index is 549. The smallest absolute Gasteiger partial charge is 0.226 e. The molecule has 106 valence electrons. The summed E-state index contributed by atoms with van der Waals surface area (Å²) in [6, 6.07) is 8.01. The van der Waals surface area contributed by atoms with E-state index in [9.17, 15) is 0 Å². The van der Waals surface area contributed by atoms with Crippen molar-refractivity contribution < 1.29 is 9.52 Å². The van der Waals surface area contributed by atoms with Gasteiger partial charge in [-0.25, -0.2) is 0 Å². The van der Waals surface area contributed by atoms with E-state index in [1.165, 1.54) is 24.8 Å². The van der Waals surface area contributed by atoms with Gasteiger partial charge in [-0.15, -0.1) is 22.0 Å². The van der Waals surface area contributed by atoms with Crippen molar-refractivity contribution in [1.29, 1.82) is 0 Å². The molecule has 0 radical (unpaired) electrons. The van der Waals surface area contributed by atoms with Gasteiger partial charge in [0.25, 0.3) is 0 Å². The normalized spacial score (nSPS) is 15.2. The minimum atomic E-state index is 0.0966. The van der Waals surface area contributed by atoms with Crippen LogP contribution in [0.4, 0.5) is 0 Å². The molecule has 0 atom stereocenters. The van der Waals surface area contributed by atoms with Crippen molar-refractivity contribution in [3.63, 3.8) is 0 Å². The predicted molar refractivity (Wildman–Crippen MR) is 78.3 cm³/mol. The largest absolute Gasteiger partial charge is 0.424 e. The Kier molecular flexibility index (Phi) is 4.38. The number of aliphatic hydroxyl groups excluding tert-OH is 1. The molecule has 4 nitrogen and oxygen atoms in total. The van der Waals surface area contributed by atoms with Crippen LogP contribution in [0.1, 0.15) is 48.1 Å². The Labute approximate surface area is 122 Å². The highest BCUT2D eigenvalue weighted by Crippen LogP contribution is 2.35. The summed E-state index contributed by atoms with van der Waals surface area (Å²) in [7, 11) is 0. The molecule has 1 fully saturated rings. The molecule has 0 aliphatic heterocycles. The van der Waals surface area contributed by atoms with Crippen LogP contribution < -0.4 is 0 Å². The van der Waals surface area contributed by atoms with Gasteiger partial charge in [-0.1, -0.05) is 30.7 Å². The molecule has 5 heteroatoms. The lowest BCUT2D eigenvalue weighted by molar-refractivity contribution is 0.282. The second kappa shape index (κ2) is 6.41. The molecule has 0 unspecified atom stereocenters. The summed E-state index contributed by atoms with van der Waals surface area (Å²) >= 11 is 1.76. The van der Waals surface area contributed by atoms with E-state index < -0.39 is 0 Å². The number of nitrogens with zero attached hydrogens (tertiary/aromatic N) is 2. The molecule has 1 aromatic heterocycles. The Morgan fingerprint density at radius 1 is 1.10 bits per heavy atom. The molecule has 1 aliphatic rings. The quantitative estimate of drug-likeness (QED) is 0.885. The molecular weight excluding hydrogens is 272 g/mol. The van der Waals surface area contributed by atoms with Crippen LogP contribution in [0.2, 0.25) is 0 Å². The van der Waals surface area contributed by atoms with E-state index in [0.29, 0.717) is 5.92 Å². The number of aliphatic hydroxyl groups is 1. The van der Waals surface area contributed by atoms with E-state index in [0.717, 1.165) is 28.9 Å². The molecular formula is C15H18N2O2S. The highest BCUT2D eigenvalue weighted by molar-refractivity contribution is 7.97. The van der Waals surface area contributed by atoms with Crippen LogP contribution >= 0.6 is 11.8 Å². The Morgan fingerprint density at radius 2 is 1.85 bits per heavy atom. The van der Waals surface area contributed by atoms with Crippen LogP contribution in [0.5, 0.6) is 0 Å². The molecule has 1 aromatic carbocycles. The molecule has 1 N–H and O–H groups in total. The van der Waals surface area contributed by atoms with Crippen LogP contribution in [0.25, 0.3) is 0 Å². The number of aromatic nitrogens is 2. The van der Waals surface area contributed by atoms with E-state index in [1.807, 2.05) is 24.3 Å². The zero-order valence-electron chi connectivity index (χ0n) is 11.3.